The maximum absolute atomic E-state index is 12.7. The first-order chi connectivity index (χ1) is 7.13. The quantitative estimate of drug-likeness (QED) is 0.430. The summed E-state index contributed by atoms with van der Waals surface area (Å²) in [6.07, 6.45) is 4.28. The predicted molar refractivity (Wildman–Crippen MR) is 61.3 cm³/mol. The van der Waals surface area contributed by atoms with Crippen molar-refractivity contribution >= 4 is 5.84 Å². The molecule has 0 radical (unpaired) electrons. The molecule has 0 bridgehead atoms. The van der Waals surface area contributed by atoms with Crippen LogP contribution in [0.4, 0.5) is 4.39 Å². The summed E-state index contributed by atoms with van der Waals surface area (Å²) in [5.74, 6) is 0.418. The lowest BCUT2D eigenvalue weighted by Gasteiger charge is -2.31. The highest BCUT2D eigenvalue weighted by Crippen LogP contribution is 2.09. The average Bonchev–Trinajstić information content (AvgIpc) is 2.26. The predicted octanol–water partition coefficient (Wildman–Crippen LogP) is 1.82. The number of halogens is 1. The Labute approximate surface area is 90.2 Å². The summed E-state index contributed by atoms with van der Waals surface area (Å²) in [5.41, 5.74) is 5.79. The second kappa shape index (κ2) is 5.66. The van der Waals surface area contributed by atoms with E-state index in [0.29, 0.717) is 6.04 Å². The summed E-state index contributed by atoms with van der Waals surface area (Å²) in [4.78, 5) is 6.16. The van der Waals surface area contributed by atoms with Crippen LogP contribution in [0.15, 0.2) is 29.7 Å². The third-order valence-corrected chi connectivity index (χ3v) is 2.57. The van der Waals surface area contributed by atoms with Gasteiger partial charge in [-0.2, -0.15) is 0 Å². The van der Waals surface area contributed by atoms with Crippen molar-refractivity contribution in [2.24, 2.45) is 10.7 Å². The van der Waals surface area contributed by atoms with Crippen LogP contribution in [-0.4, -0.2) is 29.9 Å². The molecule has 0 saturated carbocycles. The van der Waals surface area contributed by atoms with Crippen molar-refractivity contribution in [2.75, 3.05) is 13.1 Å². The fraction of sp³-hybridized carbons (Fsp3) is 0.545. The molecular weight excluding hydrogens is 193 g/mol. The minimum Gasteiger partial charge on any atom is -0.360 e. The zero-order valence-corrected chi connectivity index (χ0v) is 9.12. The Kier molecular flexibility index (Phi) is 4.49. The number of rotatable bonds is 2. The van der Waals surface area contributed by atoms with Crippen molar-refractivity contribution in [2.45, 2.75) is 25.8 Å². The molecule has 0 unspecified atom stereocenters. The smallest absolute Gasteiger partial charge is 0.140 e. The number of likely N-dealkylation sites (tertiary alicyclic amines) is 1. The van der Waals surface area contributed by atoms with E-state index in [4.69, 9.17) is 5.73 Å². The molecule has 3 nitrogen and oxygen atoms in total. The van der Waals surface area contributed by atoms with Gasteiger partial charge in [0.15, 0.2) is 0 Å². The molecule has 1 fully saturated rings. The van der Waals surface area contributed by atoms with Crippen LogP contribution < -0.4 is 5.73 Å². The summed E-state index contributed by atoms with van der Waals surface area (Å²) < 4.78 is 12.7. The van der Waals surface area contributed by atoms with Gasteiger partial charge in [0.2, 0.25) is 0 Å². The van der Waals surface area contributed by atoms with Crippen LogP contribution in [-0.2, 0) is 0 Å². The van der Waals surface area contributed by atoms with Gasteiger partial charge in [0.1, 0.15) is 11.7 Å². The fourth-order valence-corrected chi connectivity index (χ4v) is 1.51. The Morgan fingerprint density at radius 3 is 2.67 bits per heavy atom. The highest BCUT2D eigenvalue weighted by molar-refractivity contribution is 5.80. The van der Waals surface area contributed by atoms with Crippen molar-refractivity contribution in [1.82, 2.24) is 4.90 Å². The van der Waals surface area contributed by atoms with E-state index in [-0.39, 0.29) is 0 Å². The second-order valence-corrected chi connectivity index (χ2v) is 3.72. The lowest BCUT2D eigenvalue weighted by molar-refractivity contribution is 0.312. The van der Waals surface area contributed by atoms with Crippen molar-refractivity contribution in [3.63, 3.8) is 0 Å². The summed E-state index contributed by atoms with van der Waals surface area (Å²) in [6, 6.07) is 0.300. The number of hydrogen-bond acceptors (Lipinski definition) is 2. The van der Waals surface area contributed by atoms with Gasteiger partial charge in [-0.25, -0.2) is 9.38 Å². The number of amidine groups is 1. The Balaban J connectivity index is 2.53. The molecule has 4 heteroatoms. The molecule has 0 aromatic rings. The molecule has 2 N–H and O–H groups in total. The standard InChI is InChI=1S/C11H18FN3/c1-3-10(12)8-14-9(2)15-6-4-11(13)5-7-15/h3,8,11H,1,4-7,13H2,2H3/b10-8+,14-9+. The first-order valence-corrected chi connectivity index (χ1v) is 5.16. The van der Waals surface area contributed by atoms with Gasteiger partial charge in [-0.3, -0.25) is 0 Å². The zero-order chi connectivity index (χ0) is 11.3. The molecule has 0 atom stereocenters. The number of nitrogens with two attached hydrogens (primary N) is 1. The number of hydrogen-bond donors (Lipinski definition) is 1. The highest BCUT2D eigenvalue weighted by Gasteiger charge is 2.16. The minimum absolute atomic E-state index is 0.300. The van der Waals surface area contributed by atoms with Gasteiger partial charge in [-0.05, 0) is 25.8 Å². The normalized spacial score (nSPS) is 20.6. The van der Waals surface area contributed by atoms with Crippen LogP contribution in [0.3, 0.4) is 0 Å². The maximum atomic E-state index is 12.7. The number of nitrogens with zero attached hydrogens (tertiary/aromatic N) is 2. The summed E-state index contributed by atoms with van der Waals surface area (Å²) >= 11 is 0. The van der Waals surface area contributed by atoms with Gasteiger partial charge in [0.05, 0.1) is 6.20 Å². The van der Waals surface area contributed by atoms with Crippen molar-refractivity contribution in [3.05, 3.63) is 24.7 Å². The Bertz CT molecular complexity index is 276. The third kappa shape index (κ3) is 3.83. The molecule has 0 aromatic heterocycles. The van der Waals surface area contributed by atoms with E-state index in [0.717, 1.165) is 37.8 Å². The lowest BCUT2D eigenvalue weighted by Crippen LogP contribution is -2.41. The van der Waals surface area contributed by atoms with E-state index < -0.39 is 5.83 Å². The topological polar surface area (TPSA) is 41.6 Å². The molecule has 1 aliphatic heterocycles. The SMILES string of the molecule is C=C/C(F)=C\N=C(/C)N1CCC(N)CC1. The summed E-state index contributed by atoms with van der Waals surface area (Å²) in [7, 11) is 0. The number of allylic oxidation sites excluding steroid dienone is 2. The van der Waals surface area contributed by atoms with Crippen LogP contribution in [0.5, 0.6) is 0 Å². The molecule has 0 spiro atoms. The molecular formula is C11H18FN3. The molecule has 0 aliphatic carbocycles. The van der Waals surface area contributed by atoms with E-state index in [1.165, 1.54) is 6.20 Å². The molecule has 1 rings (SSSR count). The Hall–Kier alpha value is -1.16. The first-order valence-electron chi connectivity index (χ1n) is 5.16. The first kappa shape index (κ1) is 11.9. The minimum atomic E-state index is -0.414. The summed E-state index contributed by atoms with van der Waals surface area (Å²) in [5, 5.41) is 0. The largest absolute Gasteiger partial charge is 0.360 e. The van der Waals surface area contributed by atoms with E-state index in [9.17, 15) is 4.39 Å². The van der Waals surface area contributed by atoms with E-state index in [1.54, 1.807) is 0 Å². The van der Waals surface area contributed by atoms with E-state index >= 15 is 0 Å². The number of piperidine rings is 1. The molecule has 15 heavy (non-hydrogen) atoms. The second-order valence-electron chi connectivity index (χ2n) is 3.72. The van der Waals surface area contributed by atoms with Crippen LogP contribution >= 0.6 is 0 Å². The lowest BCUT2D eigenvalue weighted by atomic mass is 10.1. The van der Waals surface area contributed by atoms with E-state index in [2.05, 4.69) is 16.5 Å². The van der Waals surface area contributed by atoms with Crippen LogP contribution in [0.1, 0.15) is 19.8 Å². The van der Waals surface area contributed by atoms with Gasteiger partial charge in [-0.1, -0.05) is 6.58 Å². The monoisotopic (exact) mass is 211 g/mol. The van der Waals surface area contributed by atoms with Gasteiger partial charge in [-0.15, -0.1) is 0 Å². The highest BCUT2D eigenvalue weighted by atomic mass is 19.1. The molecule has 1 saturated heterocycles. The average molecular weight is 211 g/mol. The van der Waals surface area contributed by atoms with Crippen molar-refractivity contribution in [3.8, 4) is 0 Å². The third-order valence-electron chi connectivity index (χ3n) is 2.57. The molecule has 1 aliphatic rings. The van der Waals surface area contributed by atoms with Crippen molar-refractivity contribution in [1.29, 1.82) is 0 Å². The van der Waals surface area contributed by atoms with Gasteiger partial charge in [0.25, 0.3) is 0 Å². The number of aliphatic imine (C=N–C) groups is 1. The van der Waals surface area contributed by atoms with Gasteiger partial charge < -0.3 is 10.6 Å². The Morgan fingerprint density at radius 2 is 2.13 bits per heavy atom. The molecule has 1 heterocycles. The van der Waals surface area contributed by atoms with Crippen LogP contribution in [0, 0.1) is 0 Å². The van der Waals surface area contributed by atoms with Crippen LogP contribution in [0.2, 0.25) is 0 Å². The molecule has 0 amide bonds. The molecule has 84 valence electrons. The summed E-state index contributed by atoms with van der Waals surface area (Å²) in [6.45, 7) is 7.00. The van der Waals surface area contributed by atoms with E-state index in [1.807, 2.05) is 6.92 Å². The fourth-order valence-electron chi connectivity index (χ4n) is 1.51. The maximum Gasteiger partial charge on any atom is 0.140 e. The van der Waals surface area contributed by atoms with Gasteiger partial charge >= 0.3 is 0 Å². The van der Waals surface area contributed by atoms with Gasteiger partial charge in [0, 0.05) is 19.1 Å². The molecule has 0 aromatic carbocycles. The van der Waals surface area contributed by atoms with Crippen molar-refractivity contribution < 1.29 is 4.39 Å². The van der Waals surface area contributed by atoms with Crippen LogP contribution in [0.25, 0.3) is 0 Å². The zero-order valence-electron chi connectivity index (χ0n) is 9.12. The Morgan fingerprint density at radius 1 is 1.53 bits per heavy atom.